The van der Waals surface area contributed by atoms with Gasteiger partial charge in [0.2, 0.25) is 10.0 Å². The van der Waals surface area contributed by atoms with Crippen molar-refractivity contribution in [1.82, 2.24) is 4.31 Å². The van der Waals surface area contributed by atoms with Gasteiger partial charge in [0.1, 0.15) is 6.54 Å². The van der Waals surface area contributed by atoms with E-state index in [0.717, 1.165) is 10.6 Å². The standard InChI is InChI=1S/C9H17NO6S2/c1-4-6-10(7-9(11)16-5-2)18(14,15)8-17(3,12)13/h4H,1,5-8H2,2-3H3. The summed E-state index contributed by atoms with van der Waals surface area (Å²) in [5, 5.41) is -1.05. The highest BCUT2D eigenvalue weighted by Crippen LogP contribution is 2.05. The van der Waals surface area contributed by atoms with Crippen LogP contribution in [0.15, 0.2) is 12.7 Å². The summed E-state index contributed by atoms with van der Waals surface area (Å²) < 4.78 is 50.9. The van der Waals surface area contributed by atoms with Gasteiger partial charge in [-0.3, -0.25) is 4.79 Å². The largest absolute Gasteiger partial charge is 0.465 e. The van der Waals surface area contributed by atoms with Gasteiger partial charge in [-0.1, -0.05) is 6.08 Å². The van der Waals surface area contributed by atoms with Crippen LogP contribution < -0.4 is 0 Å². The number of esters is 1. The Morgan fingerprint density at radius 2 is 1.89 bits per heavy atom. The molecule has 0 aromatic carbocycles. The fourth-order valence-corrected chi connectivity index (χ4v) is 4.51. The van der Waals surface area contributed by atoms with E-state index in [-0.39, 0.29) is 13.2 Å². The lowest BCUT2D eigenvalue weighted by molar-refractivity contribution is -0.143. The Bertz CT molecular complexity index is 493. The molecular weight excluding hydrogens is 282 g/mol. The van der Waals surface area contributed by atoms with Crippen molar-refractivity contribution in [3.8, 4) is 0 Å². The van der Waals surface area contributed by atoms with Crippen LogP contribution in [0.5, 0.6) is 0 Å². The SMILES string of the molecule is C=CCN(CC(=O)OCC)S(=O)(=O)CS(C)(=O)=O. The van der Waals surface area contributed by atoms with Crippen LogP contribution in [-0.4, -0.2) is 58.1 Å². The van der Waals surface area contributed by atoms with E-state index >= 15 is 0 Å². The number of hydrogen-bond donors (Lipinski definition) is 0. The molecule has 0 aromatic rings. The van der Waals surface area contributed by atoms with Crippen LogP contribution in [0.4, 0.5) is 0 Å². The number of sulfone groups is 1. The van der Waals surface area contributed by atoms with E-state index < -0.39 is 37.5 Å². The maximum atomic E-state index is 11.8. The van der Waals surface area contributed by atoms with Crippen molar-refractivity contribution in [3.05, 3.63) is 12.7 Å². The zero-order valence-electron chi connectivity index (χ0n) is 10.3. The Balaban J connectivity index is 4.99. The Morgan fingerprint density at radius 3 is 2.28 bits per heavy atom. The van der Waals surface area contributed by atoms with Gasteiger partial charge < -0.3 is 4.74 Å². The zero-order chi connectivity index (χ0) is 14.4. The van der Waals surface area contributed by atoms with Gasteiger partial charge in [0.15, 0.2) is 14.9 Å². The second kappa shape index (κ2) is 6.86. The minimum absolute atomic E-state index is 0.118. The third-order valence-corrected chi connectivity index (χ3v) is 5.67. The van der Waals surface area contributed by atoms with Gasteiger partial charge in [-0.05, 0) is 6.92 Å². The molecule has 0 fully saturated rings. The third-order valence-electron chi connectivity index (χ3n) is 1.70. The highest BCUT2D eigenvalue weighted by atomic mass is 32.3. The quantitative estimate of drug-likeness (QED) is 0.437. The lowest BCUT2D eigenvalue weighted by atomic mass is 10.5. The minimum atomic E-state index is -4.08. The highest BCUT2D eigenvalue weighted by Gasteiger charge is 2.27. The van der Waals surface area contributed by atoms with Crippen molar-refractivity contribution < 1.29 is 26.4 Å². The van der Waals surface area contributed by atoms with Crippen LogP contribution in [0.1, 0.15) is 6.92 Å². The van der Waals surface area contributed by atoms with E-state index in [0.29, 0.717) is 0 Å². The lowest BCUT2D eigenvalue weighted by Gasteiger charge is -2.18. The first-order valence-corrected chi connectivity index (χ1v) is 8.71. The fraction of sp³-hybridized carbons (Fsp3) is 0.667. The van der Waals surface area contributed by atoms with E-state index in [1.54, 1.807) is 6.92 Å². The first kappa shape index (κ1) is 17.1. The summed E-state index contributed by atoms with van der Waals surface area (Å²) in [5.41, 5.74) is 0. The number of carbonyl (C=O) groups is 1. The van der Waals surface area contributed by atoms with Crippen molar-refractivity contribution in [2.75, 3.05) is 31.0 Å². The molecule has 0 saturated heterocycles. The average Bonchev–Trinajstić information content (AvgIpc) is 2.13. The molecule has 0 aliphatic heterocycles. The van der Waals surface area contributed by atoms with Crippen LogP contribution in [0, 0.1) is 0 Å². The molecule has 106 valence electrons. The van der Waals surface area contributed by atoms with Gasteiger partial charge >= 0.3 is 5.97 Å². The molecule has 0 unspecified atom stereocenters. The van der Waals surface area contributed by atoms with E-state index in [1.165, 1.54) is 6.08 Å². The molecule has 0 spiro atoms. The topological polar surface area (TPSA) is 97.8 Å². The molecule has 0 aromatic heterocycles. The summed E-state index contributed by atoms with van der Waals surface area (Å²) in [6, 6.07) is 0. The predicted molar refractivity (Wildman–Crippen MR) is 67.0 cm³/mol. The van der Waals surface area contributed by atoms with Gasteiger partial charge in [0.05, 0.1) is 6.61 Å². The molecule has 0 aliphatic carbocycles. The summed E-state index contributed by atoms with van der Waals surface area (Å²) in [5.74, 6) is -0.739. The van der Waals surface area contributed by atoms with Crippen LogP contribution >= 0.6 is 0 Å². The maximum absolute atomic E-state index is 11.8. The smallest absolute Gasteiger partial charge is 0.321 e. The summed E-state index contributed by atoms with van der Waals surface area (Å²) >= 11 is 0. The highest BCUT2D eigenvalue weighted by molar-refractivity contribution is 8.06. The fourth-order valence-electron chi connectivity index (χ4n) is 1.12. The van der Waals surface area contributed by atoms with Gasteiger partial charge in [-0.15, -0.1) is 6.58 Å². The normalized spacial score (nSPS) is 12.4. The van der Waals surface area contributed by atoms with Crippen LogP contribution in [0.25, 0.3) is 0 Å². The van der Waals surface area contributed by atoms with Gasteiger partial charge in [0, 0.05) is 12.8 Å². The number of carbonyl (C=O) groups excluding carboxylic acids is 1. The molecule has 0 atom stereocenters. The van der Waals surface area contributed by atoms with Crippen LogP contribution in [0.3, 0.4) is 0 Å². The number of sulfonamides is 1. The van der Waals surface area contributed by atoms with E-state index in [1.807, 2.05) is 0 Å². The summed E-state index contributed by atoms with van der Waals surface area (Å²) in [4.78, 5) is 11.2. The van der Waals surface area contributed by atoms with Crippen molar-refractivity contribution in [1.29, 1.82) is 0 Å². The second-order valence-corrected chi connectivity index (χ2v) is 8.02. The zero-order valence-corrected chi connectivity index (χ0v) is 12.0. The van der Waals surface area contributed by atoms with Crippen molar-refractivity contribution in [3.63, 3.8) is 0 Å². The number of nitrogens with zero attached hydrogens (tertiary/aromatic N) is 1. The molecule has 0 N–H and O–H groups in total. The molecular formula is C9H17NO6S2. The van der Waals surface area contributed by atoms with Gasteiger partial charge in [0.25, 0.3) is 0 Å². The van der Waals surface area contributed by atoms with Crippen LogP contribution in [-0.2, 0) is 29.4 Å². The first-order chi connectivity index (χ1) is 8.12. The molecule has 7 nitrogen and oxygen atoms in total. The minimum Gasteiger partial charge on any atom is -0.465 e. The van der Waals surface area contributed by atoms with E-state index in [4.69, 9.17) is 0 Å². The molecule has 0 bridgehead atoms. The second-order valence-electron chi connectivity index (χ2n) is 3.54. The van der Waals surface area contributed by atoms with Crippen molar-refractivity contribution in [2.24, 2.45) is 0 Å². The number of hydrogen-bond acceptors (Lipinski definition) is 6. The molecule has 0 heterocycles. The summed E-state index contributed by atoms with van der Waals surface area (Å²) in [6.07, 6.45) is 2.07. The molecule has 0 amide bonds. The first-order valence-electron chi connectivity index (χ1n) is 5.04. The van der Waals surface area contributed by atoms with Gasteiger partial charge in [-0.25, -0.2) is 16.8 Å². The number of ether oxygens (including phenoxy) is 1. The Morgan fingerprint density at radius 1 is 1.33 bits per heavy atom. The Kier molecular flexibility index (Phi) is 6.50. The summed E-state index contributed by atoms with van der Waals surface area (Å²) in [6.45, 7) is 4.37. The van der Waals surface area contributed by atoms with Gasteiger partial charge in [-0.2, -0.15) is 4.31 Å². The van der Waals surface area contributed by atoms with Crippen molar-refractivity contribution in [2.45, 2.75) is 6.92 Å². The Hall–Kier alpha value is -0.930. The lowest BCUT2D eigenvalue weighted by Crippen LogP contribution is -2.39. The average molecular weight is 299 g/mol. The molecule has 18 heavy (non-hydrogen) atoms. The van der Waals surface area contributed by atoms with E-state index in [2.05, 4.69) is 11.3 Å². The molecule has 0 rings (SSSR count). The summed E-state index contributed by atoms with van der Waals surface area (Å²) in [7, 11) is -7.79. The van der Waals surface area contributed by atoms with Crippen LogP contribution in [0.2, 0.25) is 0 Å². The molecule has 0 saturated carbocycles. The maximum Gasteiger partial charge on any atom is 0.321 e. The van der Waals surface area contributed by atoms with Crippen molar-refractivity contribution >= 4 is 25.8 Å². The molecule has 0 aliphatic rings. The Labute approximate surface area is 107 Å². The molecule has 9 heteroatoms. The predicted octanol–water partition coefficient (Wildman–Crippen LogP) is -0.631. The third kappa shape index (κ3) is 6.72. The number of rotatable bonds is 8. The molecule has 0 radical (unpaired) electrons. The monoisotopic (exact) mass is 299 g/mol. The van der Waals surface area contributed by atoms with E-state index in [9.17, 15) is 21.6 Å².